The molecule has 60 valence electrons. The molecule has 0 aromatic carbocycles. The SMILES string of the molecule is CC(N)(Cl)NCNC1CC1. The maximum absolute atomic E-state index is 5.66. The van der Waals surface area contributed by atoms with Crippen LogP contribution in [0, 0.1) is 0 Å². The summed E-state index contributed by atoms with van der Waals surface area (Å²) in [5, 5.41) is 5.39. The van der Waals surface area contributed by atoms with E-state index in [0.29, 0.717) is 12.7 Å². The van der Waals surface area contributed by atoms with Crippen molar-refractivity contribution in [3.63, 3.8) is 0 Å². The second-order valence-corrected chi connectivity index (χ2v) is 3.69. The number of hydrogen-bond donors (Lipinski definition) is 3. The van der Waals surface area contributed by atoms with Gasteiger partial charge in [-0.2, -0.15) is 0 Å². The Labute approximate surface area is 66.3 Å². The minimum Gasteiger partial charge on any atom is -0.302 e. The molecule has 1 aliphatic rings. The van der Waals surface area contributed by atoms with E-state index in [-0.39, 0.29) is 0 Å². The molecule has 4 heteroatoms. The molecule has 0 bridgehead atoms. The monoisotopic (exact) mass is 163 g/mol. The average molecular weight is 164 g/mol. The number of rotatable bonds is 4. The molecule has 0 heterocycles. The summed E-state index contributed by atoms with van der Waals surface area (Å²) in [7, 11) is 0. The van der Waals surface area contributed by atoms with Crippen LogP contribution in [-0.4, -0.2) is 17.8 Å². The molecule has 1 atom stereocenters. The Hall–Kier alpha value is 0.170. The third-order valence-electron chi connectivity index (χ3n) is 1.40. The van der Waals surface area contributed by atoms with Crippen LogP contribution in [0.3, 0.4) is 0 Å². The minimum absolute atomic E-state index is 0.696. The van der Waals surface area contributed by atoms with Crippen molar-refractivity contribution < 1.29 is 0 Å². The van der Waals surface area contributed by atoms with Crippen LogP contribution in [0.2, 0.25) is 0 Å². The van der Waals surface area contributed by atoms with E-state index in [4.69, 9.17) is 17.3 Å². The van der Waals surface area contributed by atoms with Crippen molar-refractivity contribution in [1.82, 2.24) is 10.6 Å². The first kappa shape index (κ1) is 8.27. The van der Waals surface area contributed by atoms with Gasteiger partial charge in [0.25, 0.3) is 0 Å². The topological polar surface area (TPSA) is 50.1 Å². The van der Waals surface area contributed by atoms with Crippen molar-refractivity contribution in [2.45, 2.75) is 30.9 Å². The molecule has 4 N–H and O–H groups in total. The van der Waals surface area contributed by atoms with Gasteiger partial charge in [-0.1, -0.05) is 11.6 Å². The first-order valence-corrected chi connectivity index (χ1v) is 3.92. The zero-order valence-corrected chi connectivity index (χ0v) is 6.91. The molecule has 0 radical (unpaired) electrons. The molecule has 0 aliphatic heterocycles. The van der Waals surface area contributed by atoms with Gasteiger partial charge in [-0.15, -0.1) is 0 Å². The van der Waals surface area contributed by atoms with E-state index in [2.05, 4.69) is 10.6 Å². The van der Waals surface area contributed by atoms with Gasteiger partial charge in [0.15, 0.2) is 0 Å². The van der Waals surface area contributed by atoms with Crippen molar-refractivity contribution >= 4 is 11.6 Å². The van der Waals surface area contributed by atoms with Gasteiger partial charge in [-0.3, -0.25) is 5.32 Å². The Bertz CT molecular complexity index is 106. The molecule has 1 rings (SSSR count). The standard InChI is InChI=1S/C6H14ClN3/c1-6(7,8)10-4-9-5-2-3-5/h5,9-10H,2-4,8H2,1H3. The summed E-state index contributed by atoms with van der Waals surface area (Å²) >= 11 is 5.66. The van der Waals surface area contributed by atoms with Gasteiger partial charge < -0.3 is 11.1 Å². The fourth-order valence-electron chi connectivity index (χ4n) is 0.656. The second kappa shape index (κ2) is 3.05. The lowest BCUT2D eigenvalue weighted by molar-refractivity contribution is 0.469. The van der Waals surface area contributed by atoms with E-state index in [1.807, 2.05) is 0 Å². The van der Waals surface area contributed by atoms with E-state index in [1.165, 1.54) is 12.8 Å². The molecule has 0 saturated heterocycles. The number of hydrogen-bond acceptors (Lipinski definition) is 3. The molecule has 3 nitrogen and oxygen atoms in total. The summed E-state index contributed by atoms with van der Waals surface area (Å²) in [5.74, 6) is 0. The maximum atomic E-state index is 5.66. The van der Waals surface area contributed by atoms with Crippen LogP contribution in [0.1, 0.15) is 19.8 Å². The van der Waals surface area contributed by atoms with Crippen LogP contribution < -0.4 is 16.4 Å². The smallest absolute Gasteiger partial charge is 0.142 e. The fraction of sp³-hybridized carbons (Fsp3) is 1.00. The number of alkyl halides is 1. The van der Waals surface area contributed by atoms with Crippen molar-refractivity contribution in [3.8, 4) is 0 Å². The lowest BCUT2D eigenvalue weighted by Crippen LogP contribution is -2.49. The van der Waals surface area contributed by atoms with Crippen molar-refractivity contribution in [2.75, 3.05) is 6.67 Å². The van der Waals surface area contributed by atoms with Crippen molar-refractivity contribution in [3.05, 3.63) is 0 Å². The molecule has 1 unspecified atom stereocenters. The van der Waals surface area contributed by atoms with Crippen LogP contribution >= 0.6 is 11.6 Å². The highest BCUT2D eigenvalue weighted by Crippen LogP contribution is 2.17. The van der Waals surface area contributed by atoms with Gasteiger partial charge in [0, 0.05) is 12.7 Å². The van der Waals surface area contributed by atoms with Gasteiger partial charge in [0.2, 0.25) is 0 Å². The van der Waals surface area contributed by atoms with Crippen LogP contribution in [-0.2, 0) is 0 Å². The van der Waals surface area contributed by atoms with Crippen molar-refractivity contribution in [1.29, 1.82) is 0 Å². The van der Waals surface area contributed by atoms with Gasteiger partial charge in [0.05, 0.1) is 0 Å². The summed E-state index contributed by atoms with van der Waals surface area (Å²) in [6, 6.07) is 0.700. The highest BCUT2D eigenvalue weighted by atomic mass is 35.5. The van der Waals surface area contributed by atoms with E-state index < -0.39 is 5.12 Å². The first-order chi connectivity index (χ1) is 4.58. The molecule has 1 saturated carbocycles. The third kappa shape index (κ3) is 4.06. The summed E-state index contributed by atoms with van der Waals surface area (Å²) in [4.78, 5) is 0. The Morgan fingerprint density at radius 2 is 2.30 bits per heavy atom. The second-order valence-electron chi connectivity index (χ2n) is 2.91. The predicted octanol–water partition coefficient (Wildman–Crippen LogP) is 0.157. The minimum atomic E-state index is -0.776. The number of nitrogens with one attached hydrogen (secondary N) is 2. The highest BCUT2D eigenvalue weighted by Gasteiger charge is 2.21. The van der Waals surface area contributed by atoms with E-state index in [1.54, 1.807) is 6.92 Å². The highest BCUT2D eigenvalue weighted by molar-refractivity contribution is 6.22. The Morgan fingerprint density at radius 3 is 2.70 bits per heavy atom. The first-order valence-electron chi connectivity index (χ1n) is 3.54. The number of halogens is 1. The maximum Gasteiger partial charge on any atom is 0.142 e. The molecule has 0 aromatic heterocycles. The third-order valence-corrected chi connectivity index (χ3v) is 1.54. The Balaban J connectivity index is 1.93. The lowest BCUT2D eigenvalue weighted by Gasteiger charge is -2.17. The predicted molar refractivity (Wildman–Crippen MR) is 42.6 cm³/mol. The summed E-state index contributed by atoms with van der Waals surface area (Å²) in [6.07, 6.45) is 2.57. The van der Waals surface area contributed by atoms with E-state index in [9.17, 15) is 0 Å². The molecule has 0 amide bonds. The zero-order valence-electron chi connectivity index (χ0n) is 6.15. The molecule has 10 heavy (non-hydrogen) atoms. The summed E-state index contributed by atoms with van der Waals surface area (Å²) in [5.41, 5.74) is 5.46. The van der Waals surface area contributed by atoms with E-state index in [0.717, 1.165) is 0 Å². The molecule has 1 aliphatic carbocycles. The van der Waals surface area contributed by atoms with Gasteiger partial charge in [-0.05, 0) is 19.8 Å². The van der Waals surface area contributed by atoms with Gasteiger partial charge >= 0.3 is 0 Å². The summed E-state index contributed by atoms with van der Waals surface area (Å²) in [6.45, 7) is 2.42. The van der Waals surface area contributed by atoms with Crippen LogP contribution in [0.4, 0.5) is 0 Å². The molecular formula is C6H14ClN3. The quantitative estimate of drug-likeness (QED) is 0.314. The average Bonchev–Trinajstić information content (AvgIpc) is 2.45. The lowest BCUT2D eigenvalue weighted by atomic mass is 10.6. The van der Waals surface area contributed by atoms with Crippen molar-refractivity contribution in [2.24, 2.45) is 5.73 Å². The van der Waals surface area contributed by atoms with Crippen LogP contribution in [0.5, 0.6) is 0 Å². The van der Waals surface area contributed by atoms with Crippen LogP contribution in [0.15, 0.2) is 0 Å². The summed E-state index contributed by atoms with van der Waals surface area (Å²) < 4.78 is 0. The fourth-order valence-corrected chi connectivity index (χ4v) is 0.722. The van der Waals surface area contributed by atoms with Gasteiger partial charge in [0.1, 0.15) is 5.12 Å². The Kier molecular flexibility index (Phi) is 2.52. The zero-order chi connectivity index (χ0) is 7.61. The Morgan fingerprint density at radius 1 is 1.70 bits per heavy atom. The number of nitrogens with two attached hydrogens (primary N) is 1. The molecule has 0 aromatic rings. The molecular weight excluding hydrogens is 150 g/mol. The normalized spacial score (nSPS) is 24.3. The van der Waals surface area contributed by atoms with E-state index >= 15 is 0 Å². The van der Waals surface area contributed by atoms with Crippen LogP contribution in [0.25, 0.3) is 0 Å². The molecule has 1 fully saturated rings. The van der Waals surface area contributed by atoms with Gasteiger partial charge in [-0.25, -0.2) is 0 Å². The largest absolute Gasteiger partial charge is 0.302 e. The molecule has 0 spiro atoms.